The number of aromatic carboxylic acids is 1. The zero-order valence-corrected chi connectivity index (χ0v) is 11.7. The molecule has 0 aromatic heterocycles. The van der Waals surface area contributed by atoms with Crippen LogP contribution in [0.15, 0.2) is 36.4 Å². The summed E-state index contributed by atoms with van der Waals surface area (Å²) in [5.74, 6) is 0.150. The van der Waals surface area contributed by atoms with Gasteiger partial charge in [0.05, 0.1) is 36.8 Å². The number of ether oxygens (including phenoxy) is 2. The van der Waals surface area contributed by atoms with Gasteiger partial charge in [0, 0.05) is 6.07 Å². The Labute approximate surface area is 122 Å². The first-order chi connectivity index (χ1) is 10.1. The van der Waals surface area contributed by atoms with Crippen molar-refractivity contribution in [2.75, 3.05) is 25.3 Å². The standard InChI is InChI=1S/C15H16N2O4/c1-20-9-6-7-11(13(8-9)21-2)17-12-5-3-4-10(14(12)16)15(18)19/h3-8,17H,16H2,1-2H3,(H,18,19). The van der Waals surface area contributed by atoms with Gasteiger partial charge in [0.25, 0.3) is 0 Å². The molecule has 0 aliphatic carbocycles. The van der Waals surface area contributed by atoms with Gasteiger partial charge in [0.1, 0.15) is 11.5 Å². The van der Waals surface area contributed by atoms with E-state index in [-0.39, 0.29) is 11.3 Å². The van der Waals surface area contributed by atoms with Crippen molar-refractivity contribution in [3.05, 3.63) is 42.0 Å². The first-order valence-corrected chi connectivity index (χ1v) is 6.17. The number of nitrogens with two attached hydrogens (primary N) is 1. The fourth-order valence-corrected chi connectivity index (χ4v) is 1.91. The predicted octanol–water partition coefficient (Wildman–Crippen LogP) is 2.73. The summed E-state index contributed by atoms with van der Waals surface area (Å²) in [7, 11) is 3.10. The Morgan fingerprint density at radius 3 is 2.52 bits per heavy atom. The molecular formula is C15H16N2O4. The first kappa shape index (κ1) is 14.5. The molecule has 0 heterocycles. The second kappa shape index (κ2) is 6.04. The number of para-hydroxylation sites is 1. The number of anilines is 3. The first-order valence-electron chi connectivity index (χ1n) is 6.17. The van der Waals surface area contributed by atoms with Gasteiger partial charge in [-0.05, 0) is 24.3 Å². The van der Waals surface area contributed by atoms with Crippen LogP contribution in [0.4, 0.5) is 17.1 Å². The number of methoxy groups -OCH3 is 2. The van der Waals surface area contributed by atoms with Crippen molar-refractivity contribution in [3.8, 4) is 11.5 Å². The number of carboxylic acid groups (broad SMARTS) is 1. The van der Waals surface area contributed by atoms with Gasteiger partial charge in [0.15, 0.2) is 0 Å². The number of nitrogen functional groups attached to an aromatic ring is 1. The van der Waals surface area contributed by atoms with E-state index >= 15 is 0 Å². The van der Waals surface area contributed by atoms with Gasteiger partial charge in [0.2, 0.25) is 0 Å². The molecule has 2 rings (SSSR count). The number of hydrogen-bond donors (Lipinski definition) is 3. The van der Waals surface area contributed by atoms with Crippen molar-refractivity contribution >= 4 is 23.0 Å². The van der Waals surface area contributed by atoms with Gasteiger partial charge in [-0.25, -0.2) is 4.79 Å². The fourth-order valence-electron chi connectivity index (χ4n) is 1.91. The quantitative estimate of drug-likeness (QED) is 0.732. The number of benzene rings is 2. The Balaban J connectivity index is 2.38. The summed E-state index contributed by atoms with van der Waals surface area (Å²) in [6.45, 7) is 0. The van der Waals surface area contributed by atoms with Gasteiger partial charge < -0.3 is 25.6 Å². The minimum absolute atomic E-state index is 0.0486. The highest BCUT2D eigenvalue weighted by Gasteiger charge is 2.12. The highest BCUT2D eigenvalue weighted by atomic mass is 16.5. The summed E-state index contributed by atoms with van der Waals surface area (Å²) in [6, 6.07) is 10.0. The fraction of sp³-hybridized carbons (Fsp3) is 0.133. The van der Waals surface area contributed by atoms with E-state index in [9.17, 15) is 4.79 Å². The zero-order valence-electron chi connectivity index (χ0n) is 11.7. The maximum absolute atomic E-state index is 11.1. The van der Waals surface area contributed by atoms with Crippen molar-refractivity contribution in [3.63, 3.8) is 0 Å². The molecule has 0 radical (unpaired) electrons. The van der Waals surface area contributed by atoms with Crippen molar-refractivity contribution in [2.24, 2.45) is 0 Å². The lowest BCUT2D eigenvalue weighted by atomic mass is 10.1. The average molecular weight is 288 g/mol. The average Bonchev–Trinajstić information content (AvgIpc) is 2.49. The lowest BCUT2D eigenvalue weighted by molar-refractivity contribution is 0.0698. The summed E-state index contributed by atoms with van der Waals surface area (Å²) in [4.78, 5) is 11.1. The molecule has 2 aromatic rings. The molecule has 0 atom stereocenters. The molecule has 0 saturated heterocycles. The highest BCUT2D eigenvalue weighted by Crippen LogP contribution is 2.34. The Morgan fingerprint density at radius 1 is 1.14 bits per heavy atom. The molecule has 0 spiro atoms. The Kier molecular flexibility index (Phi) is 4.18. The van der Waals surface area contributed by atoms with E-state index in [1.807, 2.05) is 0 Å². The zero-order chi connectivity index (χ0) is 15.4. The maximum Gasteiger partial charge on any atom is 0.337 e. The van der Waals surface area contributed by atoms with Crippen LogP contribution in [0.3, 0.4) is 0 Å². The number of rotatable bonds is 5. The van der Waals surface area contributed by atoms with Gasteiger partial charge >= 0.3 is 5.97 Å². The predicted molar refractivity (Wildman–Crippen MR) is 80.6 cm³/mol. The molecular weight excluding hydrogens is 272 g/mol. The lowest BCUT2D eigenvalue weighted by Gasteiger charge is -2.14. The van der Waals surface area contributed by atoms with Gasteiger partial charge in [-0.2, -0.15) is 0 Å². The Morgan fingerprint density at radius 2 is 1.90 bits per heavy atom. The molecule has 6 heteroatoms. The van der Waals surface area contributed by atoms with Gasteiger partial charge in [-0.15, -0.1) is 0 Å². The van der Waals surface area contributed by atoms with Crippen LogP contribution >= 0.6 is 0 Å². The van der Waals surface area contributed by atoms with Crippen LogP contribution in [0.25, 0.3) is 0 Å². The smallest absolute Gasteiger partial charge is 0.337 e. The van der Waals surface area contributed by atoms with Crippen LogP contribution in [0.2, 0.25) is 0 Å². The van der Waals surface area contributed by atoms with E-state index in [0.29, 0.717) is 22.9 Å². The maximum atomic E-state index is 11.1. The molecule has 0 fully saturated rings. The van der Waals surface area contributed by atoms with Gasteiger partial charge in [-0.1, -0.05) is 6.07 Å². The lowest BCUT2D eigenvalue weighted by Crippen LogP contribution is -2.05. The summed E-state index contributed by atoms with van der Waals surface area (Å²) in [6.07, 6.45) is 0. The van der Waals surface area contributed by atoms with Crippen LogP contribution < -0.4 is 20.5 Å². The molecule has 4 N–H and O–H groups in total. The summed E-state index contributed by atoms with van der Waals surface area (Å²) in [5.41, 5.74) is 7.25. The molecule has 0 aliphatic heterocycles. The molecule has 0 aliphatic rings. The van der Waals surface area contributed by atoms with Crippen LogP contribution in [0.5, 0.6) is 11.5 Å². The van der Waals surface area contributed by atoms with Crippen LogP contribution in [0, 0.1) is 0 Å². The van der Waals surface area contributed by atoms with E-state index < -0.39 is 5.97 Å². The normalized spacial score (nSPS) is 10.0. The highest BCUT2D eigenvalue weighted by molar-refractivity contribution is 5.97. The molecule has 0 saturated carbocycles. The van der Waals surface area contributed by atoms with Crippen molar-refractivity contribution < 1.29 is 19.4 Å². The molecule has 110 valence electrons. The summed E-state index contributed by atoms with van der Waals surface area (Å²) < 4.78 is 10.4. The van der Waals surface area contributed by atoms with E-state index in [4.69, 9.17) is 20.3 Å². The van der Waals surface area contributed by atoms with Crippen molar-refractivity contribution in [2.45, 2.75) is 0 Å². The number of carboxylic acids is 1. The SMILES string of the molecule is COc1ccc(Nc2cccc(C(=O)O)c2N)c(OC)c1. The number of hydrogen-bond acceptors (Lipinski definition) is 5. The second-order valence-electron chi connectivity index (χ2n) is 4.26. The third-order valence-electron chi connectivity index (χ3n) is 3.01. The minimum atomic E-state index is -1.07. The van der Waals surface area contributed by atoms with E-state index in [2.05, 4.69) is 5.32 Å². The number of nitrogens with one attached hydrogen (secondary N) is 1. The monoisotopic (exact) mass is 288 g/mol. The Bertz CT molecular complexity index is 671. The van der Waals surface area contributed by atoms with Crippen molar-refractivity contribution in [1.29, 1.82) is 0 Å². The third-order valence-corrected chi connectivity index (χ3v) is 3.01. The van der Waals surface area contributed by atoms with E-state index in [1.165, 1.54) is 13.2 Å². The molecule has 2 aromatic carbocycles. The largest absolute Gasteiger partial charge is 0.497 e. The third kappa shape index (κ3) is 3.00. The second-order valence-corrected chi connectivity index (χ2v) is 4.26. The van der Waals surface area contributed by atoms with Crippen LogP contribution in [0.1, 0.15) is 10.4 Å². The molecule has 0 bridgehead atoms. The topological polar surface area (TPSA) is 93.8 Å². The van der Waals surface area contributed by atoms with Gasteiger partial charge in [-0.3, -0.25) is 0 Å². The molecule has 21 heavy (non-hydrogen) atoms. The minimum Gasteiger partial charge on any atom is -0.497 e. The molecule has 6 nitrogen and oxygen atoms in total. The van der Waals surface area contributed by atoms with E-state index in [1.54, 1.807) is 37.4 Å². The van der Waals surface area contributed by atoms with Crippen LogP contribution in [-0.2, 0) is 0 Å². The Hall–Kier alpha value is -2.89. The van der Waals surface area contributed by atoms with Crippen molar-refractivity contribution in [1.82, 2.24) is 0 Å². The molecule has 0 amide bonds. The van der Waals surface area contributed by atoms with Crippen LogP contribution in [-0.4, -0.2) is 25.3 Å². The van der Waals surface area contributed by atoms with E-state index in [0.717, 1.165) is 0 Å². The summed E-state index contributed by atoms with van der Waals surface area (Å²) in [5, 5.41) is 12.1. The molecule has 0 unspecified atom stereocenters. The summed E-state index contributed by atoms with van der Waals surface area (Å²) >= 11 is 0. The number of carbonyl (C=O) groups is 1.